The largest absolute Gasteiger partial charge is 0.334 e. The van der Waals surface area contributed by atoms with E-state index in [1.165, 1.54) is 17.3 Å². The van der Waals surface area contributed by atoms with Crippen molar-refractivity contribution in [2.24, 2.45) is 0 Å². The second-order valence-corrected chi connectivity index (χ2v) is 5.53. The molecule has 0 bridgehead atoms. The minimum absolute atomic E-state index is 0.106. The summed E-state index contributed by atoms with van der Waals surface area (Å²) < 4.78 is 1.42. The Balaban J connectivity index is 1.85. The summed E-state index contributed by atoms with van der Waals surface area (Å²) in [6, 6.07) is 0.403. The Hall–Kier alpha value is -1.96. The van der Waals surface area contributed by atoms with E-state index in [-0.39, 0.29) is 17.3 Å². The molecule has 0 N–H and O–H groups in total. The molecule has 3 heterocycles. The van der Waals surface area contributed by atoms with Gasteiger partial charge in [-0.2, -0.15) is 5.10 Å². The molecule has 0 unspecified atom stereocenters. The first-order chi connectivity index (χ1) is 10.1. The molecule has 1 atom stereocenters. The van der Waals surface area contributed by atoms with Crippen LogP contribution in [0.5, 0.6) is 0 Å². The van der Waals surface area contributed by atoms with Crippen molar-refractivity contribution in [1.82, 2.24) is 19.6 Å². The Kier molecular flexibility index (Phi) is 3.62. The molecule has 0 radical (unpaired) electrons. The second-order valence-electron chi connectivity index (χ2n) is 5.53. The Labute approximate surface area is 122 Å². The standard InChI is InChI=1S/C13H19N5O3/c1-2-17-12(11(8-14-17)18(20)21)13(19)16-7-6-15-5-3-4-10(15)9-16/h8,10H,2-7,9H2,1H3/t10-/m0/s1. The van der Waals surface area contributed by atoms with E-state index in [9.17, 15) is 14.9 Å². The highest BCUT2D eigenvalue weighted by molar-refractivity contribution is 5.96. The van der Waals surface area contributed by atoms with E-state index < -0.39 is 4.92 Å². The van der Waals surface area contributed by atoms with Crippen LogP contribution in [0.1, 0.15) is 30.3 Å². The normalized spacial score (nSPS) is 22.3. The van der Waals surface area contributed by atoms with Gasteiger partial charge in [-0.05, 0) is 26.3 Å². The van der Waals surface area contributed by atoms with E-state index in [4.69, 9.17) is 0 Å². The molecule has 0 aromatic carbocycles. The predicted octanol–water partition coefficient (Wildman–Crippen LogP) is 0.731. The van der Waals surface area contributed by atoms with Crippen molar-refractivity contribution in [3.05, 3.63) is 22.0 Å². The molecule has 8 heteroatoms. The highest BCUT2D eigenvalue weighted by Gasteiger charge is 2.36. The lowest BCUT2D eigenvalue weighted by Gasteiger charge is -2.37. The summed E-state index contributed by atoms with van der Waals surface area (Å²) in [5.74, 6) is -0.271. The molecule has 1 aromatic heterocycles. The average molecular weight is 293 g/mol. The lowest BCUT2D eigenvalue weighted by atomic mass is 10.1. The second kappa shape index (κ2) is 5.44. The van der Waals surface area contributed by atoms with Crippen molar-refractivity contribution in [2.75, 3.05) is 26.2 Å². The predicted molar refractivity (Wildman–Crippen MR) is 75.1 cm³/mol. The van der Waals surface area contributed by atoms with E-state index in [2.05, 4.69) is 10.00 Å². The average Bonchev–Trinajstić information content (AvgIpc) is 3.11. The van der Waals surface area contributed by atoms with Gasteiger partial charge in [-0.1, -0.05) is 0 Å². The Morgan fingerprint density at radius 1 is 1.48 bits per heavy atom. The maximum absolute atomic E-state index is 12.7. The maximum Gasteiger partial charge on any atom is 0.320 e. The van der Waals surface area contributed by atoms with Crippen molar-refractivity contribution >= 4 is 11.6 Å². The highest BCUT2D eigenvalue weighted by Crippen LogP contribution is 2.25. The summed E-state index contributed by atoms with van der Waals surface area (Å²) in [6.45, 7) is 5.50. The third-order valence-electron chi connectivity index (χ3n) is 4.39. The van der Waals surface area contributed by atoms with Gasteiger partial charge in [0.05, 0.1) is 4.92 Å². The minimum Gasteiger partial charge on any atom is -0.334 e. The summed E-state index contributed by atoms with van der Waals surface area (Å²) in [5.41, 5.74) is -0.0929. The van der Waals surface area contributed by atoms with Crippen molar-refractivity contribution < 1.29 is 9.72 Å². The molecule has 0 aliphatic carbocycles. The molecule has 2 aliphatic heterocycles. The molecule has 1 amide bonds. The number of hydrogen-bond acceptors (Lipinski definition) is 5. The minimum atomic E-state index is -0.530. The van der Waals surface area contributed by atoms with Gasteiger partial charge in [0.15, 0.2) is 0 Å². The summed E-state index contributed by atoms with van der Waals surface area (Å²) >= 11 is 0. The number of fused-ring (bicyclic) bond motifs is 1. The van der Waals surface area contributed by atoms with E-state index in [0.29, 0.717) is 25.7 Å². The molecule has 2 aliphatic rings. The van der Waals surface area contributed by atoms with Crippen LogP contribution in [-0.4, -0.2) is 62.6 Å². The Morgan fingerprint density at radius 2 is 2.29 bits per heavy atom. The fourth-order valence-electron chi connectivity index (χ4n) is 3.29. The van der Waals surface area contributed by atoms with Crippen molar-refractivity contribution in [1.29, 1.82) is 0 Å². The monoisotopic (exact) mass is 293 g/mol. The van der Waals surface area contributed by atoms with Gasteiger partial charge in [0.2, 0.25) is 5.69 Å². The summed E-state index contributed by atoms with van der Waals surface area (Å²) in [6.07, 6.45) is 3.43. The van der Waals surface area contributed by atoms with Gasteiger partial charge >= 0.3 is 5.69 Å². The Bertz CT molecular complexity index is 570. The SMILES string of the molecule is CCn1ncc([N+](=O)[O-])c1C(=O)N1CCN2CCC[C@H]2C1. The molecule has 0 saturated carbocycles. The number of rotatable bonds is 3. The molecule has 3 rings (SSSR count). The number of aromatic nitrogens is 2. The van der Waals surface area contributed by atoms with Crippen LogP contribution in [0.15, 0.2) is 6.20 Å². The Morgan fingerprint density at radius 3 is 3.00 bits per heavy atom. The number of aryl methyl sites for hydroxylation is 1. The van der Waals surface area contributed by atoms with Gasteiger partial charge in [-0.15, -0.1) is 0 Å². The molecule has 21 heavy (non-hydrogen) atoms. The topological polar surface area (TPSA) is 84.5 Å². The molecule has 8 nitrogen and oxygen atoms in total. The lowest BCUT2D eigenvalue weighted by Crippen LogP contribution is -2.52. The van der Waals surface area contributed by atoms with Crippen LogP contribution in [0.25, 0.3) is 0 Å². The van der Waals surface area contributed by atoms with Crippen LogP contribution in [0.2, 0.25) is 0 Å². The van der Waals surface area contributed by atoms with E-state index in [1.54, 1.807) is 4.90 Å². The third-order valence-corrected chi connectivity index (χ3v) is 4.39. The van der Waals surface area contributed by atoms with Crippen LogP contribution in [0.3, 0.4) is 0 Å². The van der Waals surface area contributed by atoms with Gasteiger partial charge in [-0.25, -0.2) is 0 Å². The van der Waals surface area contributed by atoms with Crippen LogP contribution < -0.4 is 0 Å². The van der Waals surface area contributed by atoms with Crippen LogP contribution in [0.4, 0.5) is 5.69 Å². The van der Waals surface area contributed by atoms with Crippen molar-refractivity contribution in [3.8, 4) is 0 Å². The number of piperazine rings is 1. The number of nitrogens with zero attached hydrogens (tertiary/aromatic N) is 5. The van der Waals surface area contributed by atoms with Gasteiger partial charge in [0, 0.05) is 32.2 Å². The van der Waals surface area contributed by atoms with Gasteiger partial charge < -0.3 is 4.90 Å². The van der Waals surface area contributed by atoms with Gasteiger partial charge in [0.1, 0.15) is 6.20 Å². The molecule has 0 spiro atoms. The smallest absolute Gasteiger partial charge is 0.320 e. The van der Waals surface area contributed by atoms with E-state index in [1.807, 2.05) is 6.92 Å². The zero-order valence-electron chi connectivity index (χ0n) is 12.1. The fraction of sp³-hybridized carbons (Fsp3) is 0.692. The molecular weight excluding hydrogens is 274 g/mol. The van der Waals surface area contributed by atoms with Crippen LogP contribution in [-0.2, 0) is 6.54 Å². The van der Waals surface area contributed by atoms with E-state index >= 15 is 0 Å². The quantitative estimate of drug-likeness (QED) is 0.606. The first-order valence-corrected chi connectivity index (χ1v) is 7.35. The molecule has 2 saturated heterocycles. The van der Waals surface area contributed by atoms with Crippen LogP contribution in [0, 0.1) is 10.1 Å². The van der Waals surface area contributed by atoms with Crippen molar-refractivity contribution in [2.45, 2.75) is 32.4 Å². The van der Waals surface area contributed by atoms with Gasteiger partial charge in [0.25, 0.3) is 5.91 Å². The number of carbonyl (C=O) groups excluding carboxylic acids is 1. The van der Waals surface area contributed by atoms with Gasteiger partial charge in [-0.3, -0.25) is 24.5 Å². The molecule has 2 fully saturated rings. The number of carbonyl (C=O) groups is 1. The number of nitro groups is 1. The highest BCUT2D eigenvalue weighted by atomic mass is 16.6. The molecule has 1 aromatic rings. The third kappa shape index (κ3) is 2.39. The zero-order chi connectivity index (χ0) is 15.0. The molecular formula is C13H19N5O3. The van der Waals surface area contributed by atoms with Crippen molar-refractivity contribution in [3.63, 3.8) is 0 Å². The first kappa shape index (κ1) is 14.0. The maximum atomic E-state index is 12.7. The van der Waals surface area contributed by atoms with E-state index in [0.717, 1.165) is 19.5 Å². The first-order valence-electron chi connectivity index (χ1n) is 7.35. The molecule has 114 valence electrons. The van der Waals surface area contributed by atoms with Crippen LogP contribution >= 0.6 is 0 Å². The number of hydrogen-bond donors (Lipinski definition) is 0. The zero-order valence-corrected chi connectivity index (χ0v) is 12.1. The summed E-state index contributed by atoms with van der Waals surface area (Å²) in [4.78, 5) is 27.4. The lowest BCUT2D eigenvalue weighted by molar-refractivity contribution is -0.385. The number of amides is 1. The summed E-state index contributed by atoms with van der Waals surface area (Å²) in [7, 11) is 0. The summed E-state index contributed by atoms with van der Waals surface area (Å²) in [5, 5.41) is 15.0. The fourth-order valence-corrected chi connectivity index (χ4v) is 3.29.